The summed E-state index contributed by atoms with van der Waals surface area (Å²) in [6.45, 7) is 5.19. The largest absolute Gasteiger partial charge is 0.462 e. The molecule has 25 heavy (non-hydrogen) atoms. The van der Waals surface area contributed by atoms with Gasteiger partial charge in [-0.05, 0) is 38.5 Å². The van der Waals surface area contributed by atoms with Crippen molar-refractivity contribution in [1.82, 2.24) is 9.55 Å². The van der Waals surface area contributed by atoms with Gasteiger partial charge in [0.1, 0.15) is 17.2 Å². The minimum atomic E-state index is -0.492. The molecule has 130 valence electrons. The van der Waals surface area contributed by atoms with Crippen LogP contribution in [0.15, 0.2) is 35.4 Å². The zero-order chi connectivity index (χ0) is 18.1. The zero-order valence-corrected chi connectivity index (χ0v) is 14.9. The van der Waals surface area contributed by atoms with Crippen LogP contribution in [0.1, 0.15) is 18.7 Å². The minimum Gasteiger partial charge on any atom is -0.462 e. The average molecular weight is 360 g/mol. The Balaban J connectivity index is 2.11. The van der Waals surface area contributed by atoms with Gasteiger partial charge >= 0.3 is 5.97 Å². The lowest BCUT2D eigenvalue weighted by Crippen LogP contribution is -2.26. The Morgan fingerprint density at radius 1 is 1.32 bits per heavy atom. The summed E-state index contributed by atoms with van der Waals surface area (Å²) in [6, 6.07) is 5.97. The first-order chi connectivity index (χ1) is 11.9. The number of thiophene rings is 1. The topological polar surface area (TPSA) is 61.2 Å². The molecule has 0 unspecified atom stereocenters. The average Bonchev–Trinajstić information content (AvgIpc) is 2.87. The minimum absolute atomic E-state index is 0.197. The summed E-state index contributed by atoms with van der Waals surface area (Å²) < 4.78 is 19.5. The Kier molecular flexibility index (Phi) is 4.67. The van der Waals surface area contributed by atoms with E-state index in [1.165, 1.54) is 34.4 Å². The predicted octanol–water partition coefficient (Wildman–Crippen LogP) is 3.52. The molecule has 0 saturated carbocycles. The summed E-state index contributed by atoms with van der Waals surface area (Å²) >= 11 is 1.40. The Bertz CT molecular complexity index is 990. The van der Waals surface area contributed by atoms with E-state index in [0.29, 0.717) is 10.2 Å². The Morgan fingerprint density at radius 3 is 2.64 bits per heavy atom. The highest BCUT2D eigenvalue weighted by Crippen LogP contribution is 2.35. The first kappa shape index (κ1) is 17.3. The normalized spacial score (nSPS) is 11.2. The zero-order valence-electron chi connectivity index (χ0n) is 14.1. The molecule has 2 heterocycles. The van der Waals surface area contributed by atoms with Crippen LogP contribution >= 0.6 is 11.3 Å². The molecule has 0 N–H and O–H groups in total. The maximum atomic E-state index is 13.2. The van der Waals surface area contributed by atoms with E-state index in [9.17, 15) is 14.0 Å². The monoisotopic (exact) mass is 360 g/mol. The number of ether oxygens (including phenoxy) is 1. The summed E-state index contributed by atoms with van der Waals surface area (Å²) in [6.07, 6.45) is 1.11. The van der Waals surface area contributed by atoms with Gasteiger partial charge < -0.3 is 4.74 Å². The van der Waals surface area contributed by atoms with Crippen molar-refractivity contribution in [2.45, 2.75) is 33.4 Å². The lowest BCUT2D eigenvalue weighted by atomic mass is 10.0. The summed E-state index contributed by atoms with van der Waals surface area (Å²) in [5.74, 6) is -0.832. The SMILES string of the molecule is Cc1sc2ncn(CC(=O)OC(C)C)c(=O)c2c1-c1ccc(F)cc1. The van der Waals surface area contributed by atoms with Crippen LogP contribution in [0.2, 0.25) is 0 Å². The van der Waals surface area contributed by atoms with Crippen molar-refractivity contribution >= 4 is 27.5 Å². The van der Waals surface area contributed by atoms with Crippen molar-refractivity contribution in [1.29, 1.82) is 0 Å². The van der Waals surface area contributed by atoms with E-state index < -0.39 is 5.97 Å². The molecule has 0 spiro atoms. The van der Waals surface area contributed by atoms with Gasteiger partial charge in [-0.1, -0.05) is 12.1 Å². The van der Waals surface area contributed by atoms with Gasteiger partial charge in [0.25, 0.3) is 5.56 Å². The summed E-state index contributed by atoms with van der Waals surface area (Å²) in [4.78, 5) is 30.5. The van der Waals surface area contributed by atoms with Crippen LogP contribution in [0, 0.1) is 12.7 Å². The second kappa shape index (κ2) is 6.76. The first-order valence-electron chi connectivity index (χ1n) is 7.80. The quantitative estimate of drug-likeness (QED) is 0.668. The highest BCUT2D eigenvalue weighted by molar-refractivity contribution is 7.19. The van der Waals surface area contributed by atoms with Gasteiger partial charge in [0.15, 0.2) is 0 Å². The standard InChI is InChI=1S/C18H17FN2O3S/c1-10(2)24-14(22)8-21-9-20-17-16(18(21)23)15(11(3)25-17)12-4-6-13(19)7-5-12/h4-7,9-10H,8H2,1-3H3. The van der Waals surface area contributed by atoms with Crippen LogP contribution in [-0.2, 0) is 16.1 Å². The molecular formula is C18H17FN2O3S. The molecule has 0 aliphatic heterocycles. The fourth-order valence-electron chi connectivity index (χ4n) is 2.65. The highest BCUT2D eigenvalue weighted by Gasteiger charge is 2.18. The van der Waals surface area contributed by atoms with Gasteiger partial charge in [0.05, 0.1) is 17.8 Å². The second-order valence-electron chi connectivity index (χ2n) is 5.94. The maximum Gasteiger partial charge on any atom is 0.326 e. The number of aryl methyl sites for hydroxylation is 1. The number of fused-ring (bicyclic) bond motifs is 1. The predicted molar refractivity (Wildman–Crippen MR) is 95.2 cm³/mol. The number of hydrogen-bond acceptors (Lipinski definition) is 5. The molecule has 3 rings (SSSR count). The third kappa shape index (κ3) is 3.46. The number of aromatic nitrogens is 2. The van der Waals surface area contributed by atoms with Gasteiger partial charge in [0, 0.05) is 10.4 Å². The van der Waals surface area contributed by atoms with E-state index >= 15 is 0 Å². The molecule has 0 aliphatic rings. The van der Waals surface area contributed by atoms with Crippen LogP contribution in [0.25, 0.3) is 21.3 Å². The van der Waals surface area contributed by atoms with Crippen LogP contribution in [0.4, 0.5) is 4.39 Å². The molecule has 2 aromatic heterocycles. The van der Waals surface area contributed by atoms with E-state index in [2.05, 4.69) is 4.98 Å². The molecule has 0 atom stereocenters. The number of carbonyl (C=O) groups excluding carboxylic acids is 1. The molecule has 7 heteroatoms. The van der Waals surface area contributed by atoms with Crippen LogP contribution in [0.3, 0.4) is 0 Å². The molecule has 0 amide bonds. The van der Waals surface area contributed by atoms with Gasteiger partial charge in [0.2, 0.25) is 0 Å². The number of carbonyl (C=O) groups is 1. The van der Waals surface area contributed by atoms with E-state index in [1.54, 1.807) is 26.0 Å². The Morgan fingerprint density at radius 2 is 2.00 bits per heavy atom. The van der Waals surface area contributed by atoms with Crippen molar-refractivity contribution in [2.75, 3.05) is 0 Å². The maximum absolute atomic E-state index is 13.2. The molecule has 1 aromatic carbocycles. The number of halogens is 1. The molecule has 0 radical (unpaired) electrons. The molecule has 0 aliphatic carbocycles. The van der Waals surface area contributed by atoms with Gasteiger partial charge in [-0.3, -0.25) is 14.2 Å². The Labute approximate surface area is 147 Å². The smallest absolute Gasteiger partial charge is 0.326 e. The number of rotatable bonds is 4. The third-order valence-electron chi connectivity index (χ3n) is 3.65. The van der Waals surface area contributed by atoms with Crippen molar-refractivity contribution in [3.8, 4) is 11.1 Å². The Hall–Kier alpha value is -2.54. The summed E-state index contributed by atoms with van der Waals surface area (Å²) in [5, 5.41) is 0.439. The molecule has 3 aromatic rings. The fraction of sp³-hybridized carbons (Fsp3) is 0.278. The van der Waals surface area contributed by atoms with Crippen molar-refractivity contribution in [3.05, 3.63) is 51.6 Å². The molecule has 0 bridgehead atoms. The van der Waals surface area contributed by atoms with E-state index in [4.69, 9.17) is 4.74 Å². The molecule has 0 fully saturated rings. The molecule has 0 saturated heterocycles. The summed E-state index contributed by atoms with van der Waals surface area (Å²) in [7, 11) is 0. The lowest BCUT2D eigenvalue weighted by molar-refractivity contribution is -0.148. The van der Waals surface area contributed by atoms with Crippen molar-refractivity contribution in [3.63, 3.8) is 0 Å². The second-order valence-corrected chi connectivity index (χ2v) is 7.14. The van der Waals surface area contributed by atoms with Gasteiger partial charge in [-0.15, -0.1) is 11.3 Å². The van der Waals surface area contributed by atoms with E-state index in [1.807, 2.05) is 6.92 Å². The van der Waals surface area contributed by atoms with Crippen molar-refractivity contribution in [2.24, 2.45) is 0 Å². The van der Waals surface area contributed by atoms with Crippen LogP contribution in [0.5, 0.6) is 0 Å². The number of benzene rings is 1. The van der Waals surface area contributed by atoms with Crippen LogP contribution < -0.4 is 5.56 Å². The number of nitrogens with zero attached hydrogens (tertiary/aromatic N) is 2. The third-order valence-corrected chi connectivity index (χ3v) is 4.67. The van der Waals surface area contributed by atoms with Crippen LogP contribution in [-0.4, -0.2) is 21.6 Å². The van der Waals surface area contributed by atoms with E-state index in [-0.39, 0.29) is 24.0 Å². The summed E-state index contributed by atoms with van der Waals surface area (Å²) in [5.41, 5.74) is 1.16. The molecular weight excluding hydrogens is 343 g/mol. The highest BCUT2D eigenvalue weighted by atomic mass is 32.1. The molecule has 5 nitrogen and oxygen atoms in total. The van der Waals surface area contributed by atoms with Crippen molar-refractivity contribution < 1.29 is 13.9 Å². The first-order valence-corrected chi connectivity index (χ1v) is 8.62. The number of hydrogen-bond donors (Lipinski definition) is 0. The fourth-order valence-corrected chi connectivity index (χ4v) is 3.66. The number of esters is 1. The lowest BCUT2D eigenvalue weighted by Gasteiger charge is -2.09. The van der Waals surface area contributed by atoms with E-state index in [0.717, 1.165) is 16.0 Å². The van der Waals surface area contributed by atoms with Gasteiger partial charge in [-0.25, -0.2) is 9.37 Å². The van der Waals surface area contributed by atoms with Gasteiger partial charge in [-0.2, -0.15) is 0 Å².